The highest BCUT2D eigenvalue weighted by Gasteiger charge is 2.52. The van der Waals surface area contributed by atoms with Crippen molar-refractivity contribution >= 4 is 5.78 Å². The van der Waals surface area contributed by atoms with Crippen molar-refractivity contribution in [3.8, 4) is 12.1 Å². The second kappa shape index (κ2) is 7.73. The van der Waals surface area contributed by atoms with E-state index >= 15 is 0 Å². The zero-order valence-corrected chi connectivity index (χ0v) is 15.8. The minimum absolute atomic E-state index is 0.209. The molecule has 2 aromatic rings. The van der Waals surface area contributed by atoms with Crippen molar-refractivity contribution in [1.29, 1.82) is 10.5 Å². The monoisotopic (exact) mass is 436 g/mol. The second-order valence-corrected chi connectivity index (χ2v) is 7.38. The fourth-order valence-corrected chi connectivity index (χ4v) is 4.01. The Bertz CT molecular complexity index is 971. The number of carbonyl (C=O) groups excluding carboxylic acids is 1. The van der Waals surface area contributed by atoms with Crippen molar-refractivity contribution < 1.29 is 31.1 Å². The van der Waals surface area contributed by atoms with Gasteiger partial charge in [-0.15, -0.1) is 0 Å². The number of hydrogen-bond acceptors (Lipinski definition) is 3. The van der Waals surface area contributed by atoms with Gasteiger partial charge in [0, 0.05) is 24.7 Å². The standard InChI is InChI=1S/C22H14F6N2O/c23-21(24,25)15-5-1-13(2-6-15)18-9-17(31)10-19(20(18,11-29)12-30)14-3-7-16(8-4-14)22(26,27)28/h1-8,18-19H,9-10H2/t18-,19-/m1/s1. The van der Waals surface area contributed by atoms with Gasteiger partial charge in [0.1, 0.15) is 5.78 Å². The molecule has 31 heavy (non-hydrogen) atoms. The Morgan fingerprint density at radius 2 is 1.03 bits per heavy atom. The van der Waals surface area contributed by atoms with Crippen molar-refractivity contribution in [2.24, 2.45) is 5.41 Å². The summed E-state index contributed by atoms with van der Waals surface area (Å²) in [7, 11) is 0. The Labute approximate surface area is 173 Å². The number of rotatable bonds is 2. The molecule has 9 heteroatoms. The van der Waals surface area contributed by atoms with Gasteiger partial charge >= 0.3 is 12.4 Å². The Balaban J connectivity index is 2.07. The smallest absolute Gasteiger partial charge is 0.300 e. The van der Waals surface area contributed by atoms with Gasteiger partial charge in [0.15, 0.2) is 5.41 Å². The van der Waals surface area contributed by atoms with Gasteiger partial charge < -0.3 is 0 Å². The third kappa shape index (κ3) is 4.13. The normalized spacial score (nSPS) is 21.2. The summed E-state index contributed by atoms with van der Waals surface area (Å²) < 4.78 is 77.2. The number of benzene rings is 2. The topological polar surface area (TPSA) is 64.7 Å². The molecule has 1 aliphatic rings. The zero-order chi connectivity index (χ0) is 23.0. The quantitative estimate of drug-likeness (QED) is 0.544. The van der Waals surface area contributed by atoms with Gasteiger partial charge in [-0.1, -0.05) is 24.3 Å². The number of ketones is 1. The fourth-order valence-electron chi connectivity index (χ4n) is 4.01. The van der Waals surface area contributed by atoms with Gasteiger partial charge in [-0.2, -0.15) is 36.9 Å². The first-order chi connectivity index (χ1) is 14.4. The summed E-state index contributed by atoms with van der Waals surface area (Å²) in [6.45, 7) is 0. The highest BCUT2D eigenvalue weighted by atomic mass is 19.4. The number of alkyl halides is 6. The van der Waals surface area contributed by atoms with Crippen LogP contribution in [-0.2, 0) is 17.1 Å². The van der Waals surface area contributed by atoms with Gasteiger partial charge in [0.25, 0.3) is 0 Å². The first kappa shape index (κ1) is 22.4. The molecule has 160 valence electrons. The van der Waals surface area contributed by atoms with Gasteiger partial charge in [-0.05, 0) is 35.4 Å². The number of hydrogen-bond donors (Lipinski definition) is 0. The second-order valence-electron chi connectivity index (χ2n) is 7.38. The van der Waals surface area contributed by atoms with Crippen LogP contribution in [0.5, 0.6) is 0 Å². The van der Waals surface area contributed by atoms with Gasteiger partial charge in [0.05, 0.1) is 23.3 Å². The van der Waals surface area contributed by atoms with Crippen LogP contribution >= 0.6 is 0 Å². The summed E-state index contributed by atoms with van der Waals surface area (Å²) in [4.78, 5) is 12.4. The lowest BCUT2D eigenvalue weighted by Crippen LogP contribution is -2.40. The molecule has 0 saturated heterocycles. The summed E-state index contributed by atoms with van der Waals surface area (Å²) in [5, 5.41) is 19.8. The summed E-state index contributed by atoms with van der Waals surface area (Å²) >= 11 is 0. The minimum atomic E-state index is -4.58. The fraction of sp³-hybridized carbons (Fsp3) is 0.318. The Hall–Kier alpha value is -3.33. The van der Waals surface area contributed by atoms with E-state index in [-0.39, 0.29) is 29.8 Å². The zero-order valence-electron chi connectivity index (χ0n) is 15.8. The van der Waals surface area contributed by atoms with Crippen molar-refractivity contribution in [3.63, 3.8) is 0 Å². The van der Waals surface area contributed by atoms with Crippen molar-refractivity contribution in [3.05, 3.63) is 70.8 Å². The predicted molar refractivity (Wildman–Crippen MR) is 96.3 cm³/mol. The average Bonchev–Trinajstić information content (AvgIpc) is 2.72. The van der Waals surface area contributed by atoms with Crippen LogP contribution in [0.15, 0.2) is 48.5 Å². The van der Waals surface area contributed by atoms with E-state index in [2.05, 4.69) is 0 Å². The van der Waals surface area contributed by atoms with Crippen LogP contribution in [0.1, 0.15) is 46.9 Å². The third-order valence-electron chi connectivity index (χ3n) is 5.61. The predicted octanol–water partition coefficient (Wildman–Crippen LogP) is 5.99. The van der Waals surface area contributed by atoms with Crippen LogP contribution in [0, 0.1) is 28.1 Å². The lowest BCUT2D eigenvalue weighted by Gasteiger charge is -2.40. The minimum Gasteiger partial charge on any atom is -0.300 e. The van der Waals surface area contributed by atoms with E-state index < -0.39 is 40.7 Å². The first-order valence-electron chi connectivity index (χ1n) is 9.11. The van der Waals surface area contributed by atoms with Crippen LogP contribution < -0.4 is 0 Å². The maximum Gasteiger partial charge on any atom is 0.416 e. The molecule has 0 heterocycles. The average molecular weight is 436 g/mol. The number of carbonyl (C=O) groups is 1. The Morgan fingerprint density at radius 3 is 1.29 bits per heavy atom. The molecule has 1 aliphatic carbocycles. The molecule has 2 aromatic carbocycles. The Kier molecular flexibility index (Phi) is 5.58. The van der Waals surface area contributed by atoms with Crippen LogP contribution in [-0.4, -0.2) is 5.78 Å². The first-order valence-corrected chi connectivity index (χ1v) is 9.11. The van der Waals surface area contributed by atoms with Gasteiger partial charge in [-0.25, -0.2) is 0 Å². The van der Waals surface area contributed by atoms with E-state index in [4.69, 9.17) is 0 Å². The summed E-state index contributed by atoms with van der Waals surface area (Å²) in [6.07, 6.45) is -9.62. The number of nitriles is 2. The largest absolute Gasteiger partial charge is 0.416 e. The molecule has 0 bridgehead atoms. The van der Waals surface area contributed by atoms with Crippen molar-refractivity contribution in [2.75, 3.05) is 0 Å². The molecular formula is C22H14F6N2O. The Morgan fingerprint density at radius 1 is 0.710 bits per heavy atom. The summed E-state index contributed by atoms with van der Waals surface area (Å²) in [6, 6.07) is 11.6. The SMILES string of the molecule is N#CC1(C#N)[C@@H](c2ccc(C(F)(F)F)cc2)CC(=O)C[C@@H]1c1ccc(C(F)(F)F)cc1. The number of Topliss-reactive ketones (excluding diaryl/α,β-unsaturated/α-hetero) is 1. The molecule has 3 nitrogen and oxygen atoms in total. The number of nitrogens with zero attached hydrogens (tertiary/aromatic N) is 2. The molecule has 3 rings (SSSR count). The maximum atomic E-state index is 12.9. The van der Waals surface area contributed by atoms with Gasteiger partial charge in [-0.3, -0.25) is 4.79 Å². The van der Waals surface area contributed by atoms with E-state index in [1.807, 2.05) is 12.1 Å². The maximum absolute atomic E-state index is 12.9. The highest BCUT2D eigenvalue weighted by Crippen LogP contribution is 2.53. The molecule has 0 radical (unpaired) electrons. The lowest BCUT2D eigenvalue weighted by atomic mass is 9.57. The molecule has 0 N–H and O–H groups in total. The van der Waals surface area contributed by atoms with E-state index in [1.165, 1.54) is 0 Å². The molecule has 0 unspecified atom stereocenters. The molecule has 0 aromatic heterocycles. The van der Waals surface area contributed by atoms with E-state index in [0.29, 0.717) is 0 Å². The van der Waals surface area contributed by atoms with Crippen molar-refractivity contribution in [2.45, 2.75) is 37.0 Å². The summed E-state index contributed by atoms with van der Waals surface area (Å²) in [5.74, 6) is -2.40. The highest BCUT2D eigenvalue weighted by molar-refractivity contribution is 5.82. The van der Waals surface area contributed by atoms with Crippen molar-refractivity contribution in [1.82, 2.24) is 0 Å². The molecule has 1 saturated carbocycles. The van der Waals surface area contributed by atoms with Crippen LogP contribution in [0.25, 0.3) is 0 Å². The molecule has 0 spiro atoms. The van der Waals surface area contributed by atoms with Crippen LogP contribution in [0.2, 0.25) is 0 Å². The lowest BCUT2D eigenvalue weighted by molar-refractivity contribution is -0.138. The van der Waals surface area contributed by atoms with Crippen LogP contribution in [0.4, 0.5) is 26.3 Å². The molecular weight excluding hydrogens is 422 g/mol. The van der Waals surface area contributed by atoms with E-state index in [9.17, 15) is 41.7 Å². The molecule has 0 aliphatic heterocycles. The van der Waals surface area contributed by atoms with E-state index in [1.54, 1.807) is 0 Å². The molecule has 0 amide bonds. The molecule has 2 atom stereocenters. The third-order valence-corrected chi connectivity index (χ3v) is 5.61. The number of halogens is 6. The molecule has 1 fully saturated rings. The van der Waals surface area contributed by atoms with E-state index in [0.717, 1.165) is 48.5 Å². The van der Waals surface area contributed by atoms with Gasteiger partial charge in [0.2, 0.25) is 0 Å². The summed E-state index contributed by atoms with van der Waals surface area (Å²) in [5.41, 5.74) is -3.26. The van der Waals surface area contributed by atoms with Crippen LogP contribution in [0.3, 0.4) is 0 Å².